The van der Waals surface area contributed by atoms with Gasteiger partial charge in [-0.1, -0.05) is 12.1 Å². The van der Waals surface area contributed by atoms with Gasteiger partial charge < -0.3 is 15.0 Å². The molecule has 6 nitrogen and oxygen atoms in total. The number of ether oxygens (including phenoxy) is 1. The van der Waals surface area contributed by atoms with Gasteiger partial charge in [-0.2, -0.15) is 0 Å². The van der Waals surface area contributed by atoms with Crippen molar-refractivity contribution >= 4 is 22.8 Å². The van der Waals surface area contributed by atoms with Gasteiger partial charge in [-0.3, -0.25) is 4.79 Å². The Morgan fingerprint density at radius 2 is 2.12 bits per heavy atom. The van der Waals surface area contributed by atoms with Crippen molar-refractivity contribution in [2.45, 2.75) is 45.6 Å². The Labute approximate surface area is 155 Å². The van der Waals surface area contributed by atoms with Crippen LogP contribution in [0.15, 0.2) is 18.2 Å². The fourth-order valence-electron chi connectivity index (χ4n) is 3.51. The molecule has 0 amide bonds. The summed E-state index contributed by atoms with van der Waals surface area (Å²) in [6.45, 7) is 6.70. The Morgan fingerprint density at radius 3 is 2.92 bits per heavy atom. The van der Waals surface area contributed by atoms with E-state index < -0.39 is 0 Å². The summed E-state index contributed by atoms with van der Waals surface area (Å²) in [4.78, 5) is 23.1. The van der Waals surface area contributed by atoms with Crippen molar-refractivity contribution in [1.29, 1.82) is 0 Å². The number of nitrogens with zero attached hydrogens (tertiary/aromatic N) is 3. The number of nitrogens with one attached hydrogen (secondary N) is 1. The van der Waals surface area contributed by atoms with E-state index in [2.05, 4.69) is 42.3 Å². The van der Waals surface area contributed by atoms with Crippen LogP contribution in [-0.2, 0) is 9.53 Å². The molecule has 0 unspecified atom stereocenters. The third-order valence-electron chi connectivity index (χ3n) is 5.03. The zero-order valence-electron chi connectivity index (χ0n) is 15.9. The molecule has 1 fully saturated rings. The number of hydrogen-bond acceptors (Lipinski definition) is 6. The third-order valence-corrected chi connectivity index (χ3v) is 5.03. The molecule has 2 aromatic rings. The standard InChI is InChI=1S/C20H28N4O2/c1-14-6-7-17-15(2)22-20(23-18(17)13-14)24-11-4-5-16(9-12-24)21-10-8-19(25)26-3/h6-7,13,16,21H,4-5,8-12H2,1-3H3/t16-/m0/s1. The first-order chi connectivity index (χ1) is 12.6. The molecule has 26 heavy (non-hydrogen) atoms. The average Bonchev–Trinajstić information content (AvgIpc) is 2.87. The Kier molecular flexibility index (Phi) is 6.04. The Morgan fingerprint density at radius 1 is 1.27 bits per heavy atom. The highest BCUT2D eigenvalue weighted by Crippen LogP contribution is 2.22. The van der Waals surface area contributed by atoms with Gasteiger partial charge >= 0.3 is 5.97 Å². The summed E-state index contributed by atoms with van der Waals surface area (Å²) in [6, 6.07) is 6.76. The summed E-state index contributed by atoms with van der Waals surface area (Å²) in [5.74, 6) is 0.666. The normalized spacial score (nSPS) is 18.0. The van der Waals surface area contributed by atoms with E-state index in [-0.39, 0.29) is 5.97 Å². The van der Waals surface area contributed by atoms with Gasteiger partial charge in [0, 0.05) is 31.1 Å². The maximum absolute atomic E-state index is 11.2. The molecular weight excluding hydrogens is 328 g/mol. The van der Waals surface area contributed by atoms with Crippen molar-refractivity contribution in [3.63, 3.8) is 0 Å². The van der Waals surface area contributed by atoms with Crippen molar-refractivity contribution < 1.29 is 9.53 Å². The molecular formula is C20H28N4O2. The molecule has 1 atom stereocenters. The largest absolute Gasteiger partial charge is 0.469 e. The van der Waals surface area contributed by atoms with Crippen molar-refractivity contribution in [1.82, 2.24) is 15.3 Å². The Hall–Kier alpha value is -2.21. The molecule has 140 valence electrons. The van der Waals surface area contributed by atoms with Crippen molar-refractivity contribution in [3.8, 4) is 0 Å². The van der Waals surface area contributed by atoms with Crippen LogP contribution in [0, 0.1) is 13.8 Å². The van der Waals surface area contributed by atoms with Crippen LogP contribution in [-0.4, -0.2) is 48.7 Å². The van der Waals surface area contributed by atoms with Crippen molar-refractivity contribution in [2.24, 2.45) is 0 Å². The maximum Gasteiger partial charge on any atom is 0.306 e. The number of methoxy groups -OCH3 is 1. The zero-order valence-corrected chi connectivity index (χ0v) is 15.9. The van der Waals surface area contributed by atoms with Crippen LogP contribution in [0.25, 0.3) is 10.9 Å². The van der Waals surface area contributed by atoms with Gasteiger partial charge in [-0.15, -0.1) is 0 Å². The number of carbonyl (C=O) groups is 1. The van der Waals surface area contributed by atoms with Gasteiger partial charge in [-0.05, 0) is 44.7 Å². The van der Waals surface area contributed by atoms with Crippen LogP contribution in [0.5, 0.6) is 0 Å². The van der Waals surface area contributed by atoms with E-state index in [4.69, 9.17) is 14.7 Å². The number of rotatable bonds is 5. The molecule has 0 radical (unpaired) electrons. The number of anilines is 1. The van der Waals surface area contributed by atoms with Crippen LogP contribution >= 0.6 is 0 Å². The molecule has 0 saturated carbocycles. The number of fused-ring (bicyclic) bond motifs is 1. The Bertz CT molecular complexity index is 778. The molecule has 1 saturated heterocycles. The van der Waals surface area contributed by atoms with Crippen molar-refractivity contribution in [3.05, 3.63) is 29.5 Å². The average molecular weight is 356 g/mol. The second-order valence-electron chi connectivity index (χ2n) is 7.02. The van der Waals surface area contributed by atoms with E-state index in [0.717, 1.165) is 54.9 Å². The van der Waals surface area contributed by atoms with E-state index in [1.165, 1.54) is 12.7 Å². The van der Waals surface area contributed by atoms with E-state index >= 15 is 0 Å². The highest BCUT2D eigenvalue weighted by Gasteiger charge is 2.19. The summed E-state index contributed by atoms with van der Waals surface area (Å²) in [6.07, 6.45) is 3.63. The molecule has 0 bridgehead atoms. The summed E-state index contributed by atoms with van der Waals surface area (Å²) < 4.78 is 4.69. The minimum atomic E-state index is -0.164. The molecule has 1 N–H and O–H groups in total. The molecule has 1 aliphatic heterocycles. The number of aryl methyl sites for hydroxylation is 2. The maximum atomic E-state index is 11.2. The topological polar surface area (TPSA) is 67.3 Å². The lowest BCUT2D eigenvalue weighted by Crippen LogP contribution is -2.33. The predicted molar refractivity (Wildman–Crippen MR) is 103 cm³/mol. The van der Waals surface area contributed by atoms with Crippen LogP contribution in [0.3, 0.4) is 0 Å². The van der Waals surface area contributed by atoms with Crippen LogP contribution in [0.1, 0.15) is 36.9 Å². The van der Waals surface area contributed by atoms with Crippen molar-refractivity contribution in [2.75, 3.05) is 31.6 Å². The van der Waals surface area contributed by atoms with Crippen LogP contribution < -0.4 is 10.2 Å². The van der Waals surface area contributed by atoms with Gasteiger partial charge in [0.2, 0.25) is 5.95 Å². The predicted octanol–water partition coefficient (Wildman–Crippen LogP) is 2.76. The number of benzene rings is 1. The first-order valence-electron chi connectivity index (χ1n) is 9.37. The minimum absolute atomic E-state index is 0.164. The fourth-order valence-corrected chi connectivity index (χ4v) is 3.51. The highest BCUT2D eigenvalue weighted by molar-refractivity contribution is 5.82. The lowest BCUT2D eigenvalue weighted by atomic mass is 10.1. The molecule has 1 aromatic heterocycles. The molecule has 3 rings (SSSR count). The first-order valence-corrected chi connectivity index (χ1v) is 9.37. The smallest absolute Gasteiger partial charge is 0.306 e. The third kappa shape index (κ3) is 4.49. The van der Waals surface area contributed by atoms with Gasteiger partial charge in [0.15, 0.2) is 0 Å². The monoisotopic (exact) mass is 356 g/mol. The van der Waals surface area contributed by atoms with Gasteiger partial charge in [0.1, 0.15) is 0 Å². The molecule has 1 aliphatic rings. The number of aromatic nitrogens is 2. The lowest BCUT2D eigenvalue weighted by molar-refractivity contribution is -0.140. The second-order valence-corrected chi connectivity index (χ2v) is 7.02. The minimum Gasteiger partial charge on any atom is -0.469 e. The van der Waals surface area contributed by atoms with Gasteiger partial charge in [0.05, 0.1) is 24.7 Å². The van der Waals surface area contributed by atoms with Gasteiger partial charge in [0.25, 0.3) is 0 Å². The first kappa shape index (κ1) is 18.6. The molecule has 0 aliphatic carbocycles. The zero-order chi connectivity index (χ0) is 18.5. The SMILES string of the molecule is COC(=O)CCN[C@H]1CCCN(c2nc(C)c3ccc(C)cc3n2)CC1. The second kappa shape index (κ2) is 8.45. The molecule has 6 heteroatoms. The fraction of sp³-hybridized carbons (Fsp3) is 0.550. The van der Waals surface area contributed by atoms with Crippen LogP contribution in [0.2, 0.25) is 0 Å². The van der Waals surface area contributed by atoms with Crippen LogP contribution in [0.4, 0.5) is 5.95 Å². The lowest BCUT2D eigenvalue weighted by Gasteiger charge is -2.21. The summed E-state index contributed by atoms with van der Waals surface area (Å²) in [7, 11) is 1.43. The number of carbonyl (C=O) groups excluding carboxylic acids is 1. The Balaban J connectivity index is 1.65. The number of hydrogen-bond donors (Lipinski definition) is 1. The van der Waals surface area contributed by atoms with E-state index in [1.54, 1.807) is 0 Å². The summed E-state index contributed by atoms with van der Waals surface area (Å²) in [5.41, 5.74) is 3.26. The summed E-state index contributed by atoms with van der Waals surface area (Å²) in [5, 5.41) is 4.60. The molecule has 2 heterocycles. The molecule has 1 aromatic carbocycles. The highest BCUT2D eigenvalue weighted by atomic mass is 16.5. The van der Waals surface area contributed by atoms with E-state index in [1.807, 2.05) is 0 Å². The number of esters is 1. The van der Waals surface area contributed by atoms with E-state index in [0.29, 0.717) is 19.0 Å². The molecule has 0 spiro atoms. The van der Waals surface area contributed by atoms with E-state index in [9.17, 15) is 4.79 Å². The quantitative estimate of drug-likeness (QED) is 0.831. The summed E-state index contributed by atoms with van der Waals surface area (Å²) >= 11 is 0. The van der Waals surface area contributed by atoms with Gasteiger partial charge in [-0.25, -0.2) is 9.97 Å².